The molecule has 1 saturated heterocycles. The summed E-state index contributed by atoms with van der Waals surface area (Å²) in [6.07, 6.45) is 3.78. The van der Waals surface area contributed by atoms with E-state index >= 15 is 0 Å². The number of halogens is 1. The van der Waals surface area contributed by atoms with E-state index in [0.29, 0.717) is 35.9 Å². The number of hydrogen-bond donors (Lipinski definition) is 1. The molecule has 188 valence electrons. The second-order valence-corrected chi connectivity index (χ2v) is 10.3. The number of benzene rings is 2. The molecule has 2 aromatic carbocycles. The molecule has 7 heteroatoms. The third-order valence-corrected chi connectivity index (χ3v) is 7.71. The van der Waals surface area contributed by atoms with Crippen LogP contribution in [0, 0.1) is 6.92 Å². The Kier molecular flexibility index (Phi) is 8.49. The van der Waals surface area contributed by atoms with Crippen LogP contribution in [0.2, 0.25) is 5.02 Å². The minimum Gasteiger partial charge on any atom is -0.507 e. The topological polar surface area (TPSA) is 66.8 Å². The first-order valence-electron chi connectivity index (χ1n) is 12.2. The van der Waals surface area contributed by atoms with E-state index < -0.39 is 17.7 Å². The van der Waals surface area contributed by atoms with E-state index in [2.05, 4.69) is 6.92 Å². The van der Waals surface area contributed by atoms with Gasteiger partial charge in [0, 0.05) is 22.0 Å². The molecule has 1 N–H and O–H groups in total. The SMILES string of the molecule is CCCCCOc1ccc(/C(O)=C2/C(=O)C(=O)N(CCc3ccc(Cl)cc3)C2c2sccc2C)cc1. The van der Waals surface area contributed by atoms with E-state index in [9.17, 15) is 14.7 Å². The Morgan fingerprint density at radius 3 is 2.42 bits per heavy atom. The number of carbonyl (C=O) groups is 2. The fraction of sp³-hybridized carbons (Fsp3) is 0.310. The van der Waals surface area contributed by atoms with Gasteiger partial charge in [-0.25, -0.2) is 0 Å². The van der Waals surface area contributed by atoms with Gasteiger partial charge in [-0.05, 0) is 78.7 Å². The molecular weight excluding hydrogens is 494 g/mol. The van der Waals surface area contributed by atoms with E-state index in [1.54, 1.807) is 29.2 Å². The number of unbranched alkanes of at least 4 members (excludes halogenated alkanes) is 2. The Morgan fingerprint density at radius 1 is 1.06 bits per heavy atom. The molecular formula is C29H30ClNO4S. The van der Waals surface area contributed by atoms with Crippen LogP contribution in [0.1, 0.15) is 53.8 Å². The molecule has 1 aromatic heterocycles. The zero-order valence-corrected chi connectivity index (χ0v) is 22.1. The first-order valence-corrected chi connectivity index (χ1v) is 13.5. The summed E-state index contributed by atoms with van der Waals surface area (Å²) in [4.78, 5) is 28.8. The fourth-order valence-corrected chi connectivity index (χ4v) is 5.53. The van der Waals surface area contributed by atoms with Gasteiger partial charge in [0.15, 0.2) is 0 Å². The van der Waals surface area contributed by atoms with Crippen molar-refractivity contribution in [3.8, 4) is 5.75 Å². The average Bonchev–Trinajstić information content (AvgIpc) is 3.41. The van der Waals surface area contributed by atoms with Crippen molar-refractivity contribution in [1.29, 1.82) is 0 Å². The van der Waals surface area contributed by atoms with Crippen LogP contribution in [-0.2, 0) is 16.0 Å². The largest absolute Gasteiger partial charge is 0.507 e. The summed E-state index contributed by atoms with van der Waals surface area (Å²) in [5.74, 6) is -0.727. The molecule has 4 rings (SSSR count). The molecule has 0 aliphatic carbocycles. The van der Waals surface area contributed by atoms with E-state index in [0.717, 1.165) is 35.3 Å². The highest BCUT2D eigenvalue weighted by Gasteiger charge is 2.46. The molecule has 0 bridgehead atoms. The third kappa shape index (κ3) is 5.66. The molecule has 1 aliphatic heterocycles. The quantitative estimate of drug-likeness (QED) is 0.135. The van der Waals surface area contributed by atoms with Crippen molar-refractivity contribution in [3.05, 3.63) is 92.1 Å². The first kappa shape index (κ1) is 26.0. The summed E-state index contributed by atoms with van der Waals surface area (Å²) in [5, 5.41) is 13.9. The van der Waals surface area contributed by atoms with Crippen LogP contribution < -0.4 is 4.74 Å². The number of Topliss-reactive ketones (excluding diaryl/α,β-unsaturated/α-hetero) is 1. The van der Waals surface area contributed by atoms with Crippen molar-refractivity contribution in [1.82, 2.24) is 4.90 Å². The molecule has 5 nitrogen and oxygen atoms in total. The number of carbonyl (C=O) groups excluding carboxylic acids is 2. The number of aliphatic hydroxyl groups excluding tert-OH is 1. The Balaban J connectivity index is 1.63. The number of likely N-dealkylation sites (tertiary alicyclic amines) is 1. The second kappa shape index (κ2) is 11.8. The van der Waals surface area contributed by atoms with Crippen LogP contribution in [0.15, 0.2) is 65.6 Å². The van der Waals surface area contributed by atoms with Crippen LogP contribution >= 0.6 is 22.9 Å². The summed E-state index contributed by atoms with van der Waals surface area (Å²) in [6.45, 7) is 5.07. The maximum Gasteiger partial charge on any atom is 0.295 e. The van der Waals surface area contributed by atoms with Gasteiger partial charge < -0.3 is 14.7 Å². The normalized spacial score (nSPS) is 17.1. The number of aryl methyl sites for hydroxylation is 1. The Morgan fingerprint density at radius 2 is 1.78 bits per heavy atom. The predicted octanol–water partition coefficient (Wildman–Crippen LogP) is 6.94. The smallest absolute Gasteiger partial charge is 0.295 e. The number of aliphatic hydroxyl groups is 1. The highest BCUT2D eigenvalue weighted by atomic mass is 35.5. The van der Waals surface area contributed by atoms with Gasteiger partial charge in [0.2, 0.25) is 0 Å². The van der Waals surface area contributed by atoms with Gasteiger partial charge in [0.1, 0.15) is 11.5 Å². The summed E-state index contributed by atoms with van der Waals surface area (Å²) >= 11 is 7.48. The molecule has 1 aliphatic rings. The van der Waals surface area contributed by atoms with E-state index in [1.807, 2.05) is 42.6 Å². The van der Waals surface area contributed by atoms with Crippen LogP contribution in [0.25, 0.3) is 5.76 Å². The van der Waals surface area contributed by atoms with Gasteiger partial charge in [-0.2, -0.15) is 0 Å². The zero-order valence-electron chi connectivity index (χ0n) is 20.5. The number of ketones is 1. The maximum atomic E-state index is 13.2. The second-order valence-electron chi connectivity index (χ2n) is 8.92. The molecule has 1 amide bonds. The molecule has 0 radical (unpaired) electrons. The van der Waals surface area contributed by atoms with Gasteiger partial charge in [-0.1, -0.05) is 43.5 Å². The molecule has 0 saturated carbocycles. The van der Waals surface area contributed by atoms with Crippen LogP contribution in [0.5, 0.6) is 5.75 Å². The number of hydrogen-bond acceptors (Lipinski definition) is 5. The summed E-state index contributed by atoms with van der Waals surface area (Å²) < 4.78 is 5.77. The third-order valence-electron chi connectivity index (χ3n) is 6.39. The Bertz CT molecular complexity index is 1250. The molecule has 2 heterocycles. The van der Waals surface area contributed by atoms with Gasteiger partial charge in [-0.15, -0.1) is 11.3 Å². The molecule has 3 aromatic rings. The fourth-order valence-electron chi connectivity index (χ4n) is 4.36. The zero-order chi connectivity index (χ0) is 25.7. The summed E-state index contributed by atoms with van der Waals surface area (Å²) in [5.41, 5.74) is 2.59. The van der Waals surface area contributed by atoms with Crippen LogP contribution in [0.4, 0.5) is 0 Å². The average molecular weight is 524 g/mol. The van der Waals surface area contributed by atoms with Crippen LogP contribution in [0.3, 0.4) is 0 Å². The molecule has 0 spiro atoms. The van der Waals surface area contributed by atoms with Crippen molar-refractivity contribution in [2.45, 2.75) is 45.6 Å². The van der Waals surface area contributed by atoms with Crippen molar-refractivity contribution < 1.29 is 19.4 Å². The molecule has 1 unspecified atom stereocenters. The van der Waals surface area contributed by atoms with Crippen molar-refractivity contribution in [3.63, 3.8) is 0 Å². The van der Waals surface area contributed by atoms with Gasteiger partial charge in [0.05, 0.1) is 18.2 Å². The number of amides is 1. The number of thiophene rings is 1. The summed E-state index contributed by atoms with van der Waals surface area (Å²) in [6, 6.07) is 15.8. The van der Waals surface area contributed by atoms with E-state index in [-0.39, 0.29) is 11.3 Å². The van der Waals surface area contributed by atoms with Crippen molar-refractivity contribution >= 4 is 40.4 Å². The number of nitrogens with zero attached hydrogens (tertiary/aromatic N) is 1. The minimum atomic E-state index is -0.665. The van der Waals surface area contributed by atoms with Gasteiger partial charge in [-0.3, -0.25) is 9.59 Å². The predicted molar refractivity (Wildman–Crippen MR) is 145 cm³/mol. The standard InChI is InChI=1S/C29H30ClNO4S/c1-3-4-5-17-35-23-12-8-21(9-13-23)26(32)24-25(28-19(2)15-18-36-28)31(29(34)27(24)33)16-14-20-6-10-22(30)11-7-20/h6-13,15,18,25,32H,3-5,14,16-17H2,1-2H3/b26-24-. The molecule has 1 atom stereocenters. The van der Waals surface area contributed by atoms with E-state index in [4.69, 9.17) is 16.3 Å². The highest BCUT2D eigenvalue weighted by molar-refractivity contribution is 7.10. The van der Waals surface area contributed by atoms with E-state index in [1.165, 1.54) is 11.3 Å². The summed E-state index contributed by atoms with van der Waals surface area (Å²) in [7, 11) is 0. The maximum absolute atomic E-state index is 13.2. The highest BCUT2D eigenvalue weighted by Crippen LogP contribution is 2.42. The van der Waals surface area contributed by atoms with Gasteiger partial charge >= 0.3 is 0 Å². The Hall–Kier alpha value is -3.09. The lowest BCUT2D eigenvalue weighted by Gasteiger charge is -2.25. The van der Waals surface area contributed by atoms with Crippen molar-refractivity contribution in [2.24, 2.45) is 0 Å². The Labute approximate surface area is 221 Å². The van der Waals surface area contributed by atoms with Crippen molar-refractivity contribution in [2.75, 3.05) is 13.2 Å². The first-order chi connectivity index (χ1) is 17.4. The van der Waals surface area contributed by atoms with Gasteiger partial charge in [0.25, 0.3) is 11.7 Å². The minimum absolute atomic E-state index is 0.123. The monoisotopic (exact) mass is 523 g/mol. The molecule has 1 fully saturated rings. The lowest BCUT2D eigenvalue weighted by Crippen LogP contribution is -2.31. The lowest BCUT2D eigenvalue weighted by molar-refractivity contribution is -0.139. The lowest BCUT2D eigenvalue weighted by atomic mass is 9.98. The molecule has 36 heavy (non-hydrogen) atoms. The number of ether oxygens (including phenoxy) is 1. The van der Waals surface area contributed by atoms with Crippen LogP contribution in [-0.4, -0.2) is 34.8 Å². The number of rotatable bonds is 10.